The predicted molar refractivity (Wildman–Crippen MR) is 83.9 cm³/mol. The van der Waals surface area contributed by atoms with Crippen LogP contribution in [0, 0.1) is 0 Å². The zero-order valence-electron chi connectivity index (χ0n) is 12.7. The second kappa shape index (κ2) is 8.40. The average Bonchev–Trinajstić information content (AvgIpc) is 2.88. The van der Waals surface area contributed by atoms with Crippen molar-refractivity contribution in [1.29, 1.82) is 0 Å². The van der Waals surface area contributed by atoms with Gasteiger partial charge in [0.25, 0.3) is 0 Å². The molecule has 0 aliphatic carbocycles. The molecule has 20 heavy (non-hydrogen) atoms. The molecule has 0 spiro atoms. The van der Waals surface area contributed by atoms with Gasteiger partial charge in [0.2, 0.25) is 0 Å². The minimum Gasteiger partial charge on any atom is -0.395 e. The van der Waals surface area contributed by atoms with Crippen molar-refractivity contribution in [3.8, 4) is 0 Å². The van der Waals surface area contributed by atoms with Gasteiger partial charge in [0.15, 0.2) is 0 Å². The van der Waals surface area contributed by atoms with Crippen LogP contribution in [0.1, 0.15) is 24.8 Å². The molecule has 1 heterocycles. The van der Waals surface area contributed by atoms with E-state index < -0.39 is 0 Å². The van der Waals surface area contributed by atoms with Gasteiger partial charge in [0.05, 0.1) is 6.61 Å². The minimum atomic E-state index is 0.259. The van der Waals surface area contributed by atoms with E-state index in [-0.39, 0.29) is 6.61 Å². The molecule has 1 aliphatic rings. The van der Waals surface area contributed by atoms with Gasteiger partial charge in [-0.3, -0.25) is 0 Å². The molecular formula is C17H28N2O. The fraction of sp³-hybridized carbons (Fsp3) is 0.647. The maximum Gasteiger partial charge on any atom is 0.0558 e. The number of nitrogens with zero attached hydrogens (tertiary/aromatic N) is 2. The Balaban J connectivity index is 1.75. The quantitative estimate of drug-likeness (QED) is 0.787. The fourth-order valence-electron chi connectivity index (χ4n) is 3.08. The summed E-state index contributed by atoms with van der Waals surface area (Å²) in [5.41, 5.74) is 1.38. The van der Waals surface area contributed by atoms with Crippen molar-refractivity contribution in [3.05, 3.63) is 35.9 Å². The molecule has 3 nitrogen and oxygen atoms in total. The van der Waals surface area contributed by atoms with Crippen LogP contribution in [0.4, 0.5) is 0 Å². The lowest BCUT2D eigenvalue weighted by atomic mass is 10.1. The van der Waals surface area contributed by atoms with Crippen molar-refractivity contribution in [1.82, 2.24) is 9.80 Å². The fourth-order valence-corrected chi connectivity index (χ4v) is 3.08. The first-order chi connectivity index (χ1) is 9.79. The van der Waals surface area contributed by atoms with Crippen molar-refractivity contribution < 1.29 is 5.11 Å². The Kier molecular flexibility index (Phi) is 6.51. The molecular weight excluding hydrogens is 248 g/mol. The summed E-state index contributed by atoms with van der Waals surface area (Å²) in [4.78, 5) is 4.88. The maximum atomic E-state index is 9.23. The third-order valence-electron chi connectivity index (χ3n) is 4.43. The minimum absolute atomic E-state index is 0.259. The third kappa shape index (κ3) is 4.89. The van der Waals surface area contributed by atoms with E-state index >= 15 is 0 Å². The number of hydrogen-bond acceptors (Lipinski definition) is 3. The first-order valence-corrected chi connectivity index (χ1v) is 7.87. The highest BCUT2D eigenvalue weighted by Crippen LogP contribution is 2.18. The molecule has 0 aromatic heterocycles. The summed E-state index contributed by atoms with van der Waals surface area (Å²) < 4.78 is 0. The van der Waals surface area contributed by atoms with Crippen LogP contribution in [-0.2, 0) is 6.42 Å². The van der Waals surface area contributed by atoms with E-state index in [1.165, 1.54) is 31.4 Å². The van der Waals surface area contributed by atoms with Gasteiger partial charge >= 0.3 is 0 Å². The molecule has 3 heteroatoms. The van der Waals surface area contributed by atoms with Gasteiger partial charge in [-0.15, -0.1) is 0 Å². The Hall–Kier alpha value is -0.900. The number of rotatable bonds is 8. The van der Waals surface area contributed by atoms with Gasteiger partial charge in [-0.25, -0.2) is 0 Å². The van der Waals surface area contributed by atoms with Crippen LogP contribution in [0.15, 0.2) is 30.3 Å². The second-order valence-electron chi connectivity index (χ2n) is 5.87. The van der Waals surface area contributed by atoms with Crippen LogP contribution in [-0.4, -0.2) is 60.8 Å². The third-order valence-corrected chi connectivity index (χ3v) is 4.43. The molecule has 1 aliphatic heterocycles. The molecule has 0 radical (unpaired) electrons. The van der Waals surface area contributed by atoms with Gasteiger partial charge in [0, 0.05) is 19.1 Å². The Morgan fingerprint density at radius 3 is 2.65 bits per heavy atom. The van der Waals surface area contributed by atoms with E-state index in [2.05, 4.69) is 47.2 Å². The number of benzene rings is 1. The summed E-state index contributed by atoms with van der Waals surface area (Å²) in [5.74, 6) is 0. The van der Waals surface area contributed by atoms with Gasteiger partial charge in [-0.2, -0.15) is 0 Å². The van der Waals surface area contributed by atoms with Gasteiger partial charge in [-0.1, -0.05) is 30.3 Å². The Bertz CT molecular complexity index is 369. The molecule has 0 bridgehead atoms. The smallest absolute Gasteiger partial charge is 0.0558 e. The topological polar surface area (TPSA) is 26.7 Å². The number of hydrogen-bond donors (Lipinski definition) is 1. The second-order valence-corrected chi connectivity index (χ2v) is 5.87. The molecule has 1 N–H and O–H groups in total. The van der Waals surface area contributed by atoms with Crippen LogP contribution < -0.4 is 0 Å². The summed E-state index contributed by atoms with van der Waals surface area (Å²) in [5, 5.41) is 9.23. The van der Waals surface area contributed by atoms with Crippen molar-refractivity contribution in [2.45, 2.75) is 31.7 Å². The van der Waals surface area contributed by atoms with Gasteiger partial charge in [0.1, 0.15) is 0 Å². The first-order valence-electron chi connectivity index (χ1n) is 7.87. The lowest BCUT2D eigenvalue weighted by molar-refractivity contribution is 0.179. The SMILES string of the molecule is CN1CCCC1CCN(CCO)CCc1ccccc1. The zero-order valence-corrected chi connectivity index (χ0v) is 12.7. The number of aliphatic hydroxyl groups is 1. The standard InChI is InChI=1S/C17H28N2O/c1-18-11-5-8-17(18)10-13-19(14-15-20)12-9-16-6-3-2-4-7-16/h2-4,6-7,17,20H,5,8-15H2,1H3. The summed E-state index contributed by atoms with van der Waals surface area (Å²) in [6.07, 6.45) is 4.97. The van der Waals surface area contributed by atoms with Crippen molar-refractivity contribution in [2.24, 2.45) is 0 Å². The number of aliphatic hydroxyl groups excluding tert-OH is 1. The maximum absolute atomic E-state index is 9.23. The van der Waals surface area contributed by atoms with E-state index in [0.717, 1.165) is 32.1 Å². The van der Waals surface area contributed by atoms with E-state index in [1.54, 1.807) is 0 Å². The molecule has 1 atom stereocenters. The van der Waals surface area contributed by atoms with E-state index in [4.69, 9.17) is 0 Å². The van der Waals surface area contributed by atoms with E-state index in [9.17, 15) is 5.11 Å². The molecule has 1 fully saturated rings. The molecule has 1 unspecified atom stereocenters. The van der Waals surface area contributed by atoms with Crippen LogP contribution in [0.2, 0.25) is 0 Å². The summed E-state index contributed by atoms with van der Waals surface area (Å²) in [6, 6.07) is 11.4. The van der Waals surface area contributed by atoms with Crippen LogP contribution in [0.3, 0.4) is 0 Å². The molecule has 2 rings (SSSR count). The predicted octanol–water partition coefficient (Wildman–Crippen LogP) is 2.01. The first kappa shape index (κ1) is 15.5. The lowest BCUT2D eigenvalue weighted by Gasteiger charge is -2.25. The van der Waals surface area contributed by atoms with Gasteiger partial charge < -0.3 is 14.9 Å². The van der Waals surface area contributed by atoms with E-state index in [0.29, 0.717) is 0 Å². The molecule has 112 valence electrons. The molecule has 1 aromatic rings. The highest BCUT2D eigenvalue weighted by molar-refractivity contribution is 5.14. The molecule has 0 saturated carbocycles. The summed E-state index contributed by atoms with van der Waals surface area (Å²) in [7, 11) is 2.23. The molecule has 1 saturated heterocycles. The molecule has 1 aromatic carbocycles. The van der Waals surface area contributed by atoms with E-state index in [1.807, 2.05) is 0 Å². The molecule has 0 amide bonds. The van der Waals surface area contributed by atoms with Gasteiger partial charge in [-0.05, 0) is 51.4 Å². The monoisotopic (exact) mass is 276 g/mol. The highest BCUT2D eigenvalue weighted by atomic mass is 16.3. The van der Waals surface area contributed by atoms with Crippen molar-refractivity contribution >= 4 is 0 Å². The number of likely N-dealkylation sites (tertiary alicyclic amines) is 1. The van der Waals surface area contributed by atoms with Crippen LogP contribution in [0.25, 0.3) is 0 Å². The normalized spacial score (nSPS) is 19.9. The lowest BCUT2D eigenvalue weighted by Crippen LogP contribution is -2.34. The Morgan fingerprint density at radius 1 is 1.20 bits per heavy atom. The van der Waals surface area contributed by atoms with Crippen molar-refractivity contribution in [3.63, 3.8) is 0 Å². The Labute approximate surface area is 123 Å². The van der Waals surface area contributed by atoms with Crippen LogP contribution >= 0.6 is 0 Å². The summed E-state index contributed by atoms with van der Waals surface area (Å²) >= 11 is 0. The summed E-state index contributed by atoms with van der Waals surface area (Å²) in [6.45, 7) is 4.44. The largest absolute Gasteiger partial charge is 0.395 e. The zero-order chi connectivity index (χ0) is 14.2. The average molecular weight is 276 g/mol. The Morgan fingerprint density at radius 2 is 2.00 bits per heavy atom. The van der Waals surface area contributed by atoms with Crippen LogP contribution in [0.5, 0.6) is 0 Å². The highest BCUT2D eigenvalue weighted by Gasteiger charge is 2.21. The van der Waals surface area contributed by atoms with Crippen molar-refractivity contribution in [2.75, 3.05) is 39.8 Å².